The van der Waals surface area contributed by atoms with E-state index < -0.39 is 0 Å². The fourth-order valence-corrected chi connectivity index (χ4v) is 4.26. The van der Waals surface area contributed by atoms with Crippen LogP contribution in [0.2, 0.25) is 0 Å². The summed E-state index contributed by atoms with van der Waals surface area (Å²) >= 11 is 3.54. The molecule has 0 bridgehead atoms. The zero-order valence-corrected chi connectivity index (χ0v) is 16.9. The van der Waals surface area contributed by atoms with Crippen molar-refractivity contribution in [1.82, 2.24) is 0 Å². The summed E-state index contributed by atoms with van der Waals surface area (Å²) in [5.74, 6) is 1.56. The second-order valence-electron chi connectivity index (χ2n) is 6.37. The molecular formula is C22H17BrN2O3. The number of halogens is 1. The van der Waals surface area contributed by atoms with Gasteiger partial charge in [0.15, 0.2) is 11.5 Å². The zero-order chi connectivity index (χ0) is 19.8. The Hall–Kier alpha value is -3.17. The van der Waals surface area contributed by atoms with Gasteiger partial charge in [0, 0.05) is 10.9 Å². The topological polar surface area (TPSA) is 77.5 Å². The molecule has 3 aromatic rings. The van der Waals surface area contributed by atoms with Crippen molar-refractivity contribution in [3.8, 4) is 23.3 Å². The van der Waals surface area contributed by atoms with Crippen molar-refractivity contribution in [2.45, 2.75) is 5.92 Å². The second-order valence-corrected chi connectivity index (χ2v) is 7.22. The van der Waals surface area contributed by atoms with Crippen molar-refractivity contribution in [2.75, 3.05) is 14.2 Å². The summed E-state index contributed by atoms with van der Waals surface area (Å²) in [4.78, 5) is 0. The molecule has 5 nitrogen and oxygen atoms in total. The van der Waals surface area contributed by atoms with Gasteiger partial charge in [-0.1, -0.05) is 36.4 Å². The molecule has 0 spiro atoms. The van der Waals surface area contributed by atoms with Gasteiger partial charge in [-0.25, -0.2) is 0 Å². The molecule has 0 saturated carbocycles. The quantitative estimate of drug-likeness (QED) is 0.635. The molecule has 4 rings (SSSR count). The van der Waals surface area contributed by atoms with Crippen LogP contribution in [0.15, 0.2) is 64.5 Å². The van der Waals surface area contributed by atoms with Crippen LogP contribution in [-0.2, 0) is 0 Å². The van der Waals surface area contributed by atoms with Crippen LogP contribution in [0, 0.1) is 11.3 Å². The molecule has 0 aromatic heterocycles. The Bertz CT molecular complexity index is 1160. The lowest BCUT2D eigenvalue weighted by Crippen LogP contribution is -2.21. The maximum Gasteiger partial charge on any atom is 0.205 e. The van der Waals surface area contributed by atoms with Crippen molar-refractivity contribution in [3.63, 3.8) is 0 Å². The fourth-order valence-electron chi connectivity index (χ4n) is 3.63. The van der Waals surface area contributed by atoms with E-state index in [4.69, 9.17) is 19.9 Å². The molecule has 0 saturated heterocycles. The first kappa shape index (κ1) is 18.2. The second kappa shape index (κ2) is 7.10. The summed E-state index contributed by atoms with van der Waals surface area (Å²) in [7, 11) is 3.16. The van der Waals surface area contributed by atoms with Crippen molar-refractivity contribution < 1.29 is 14.2 Å². The summed E-state index contributed by atoms with van der Waals surface area (Å²) in [5.41, 5.74) is 8.25. The first-order valence-electron chi connectivity index (χ1n) is 8.59. The number of methoxy groups -OCH3 is 2. The minimum Gasteiger partial charge on any atom is -0.493 e. The zero-order valence-electron chi connectivity index (χ0n) is 15.3. The normalized spacial score (nSPS) is 15.6. The highest BCUT2D eigenvalue weighted by atomic mass is 79.9. The van der Waals surface area contributed by atoms with Crippen LogP contribution in [0.1, 0.15) is 17.0 Å². The van der Waals surface area contributed by atoms with Gasteiger partial charge in [0.1, 0.15) is 17.4 Å². The Balaban J connectivity index is 2.00. The third-order valence-corrected chi connectivity index (χ3v) is 5.49. The molecule has 0 aliphatic carbocycles. The first-order valence-corrected chi connectivity index (χ1v) is 9.39. The van der Waals surface area contributed by atoms with E-state index in [1.54, 1.807) is 14.2 Å². The van der Waals surface area contributed by atoms with Crippen molar-refractivity contribution >= 4 is 26.7 Å². The van der Waals surface area contributed by atoms with E-state index in [-0.39, 0.29) is 11.8 Å². The lowest BCUT2D eigenvalue weighted by molar-refractivity contribution is 0.352. The highest BCUT2D eigenvalue weighted by Gasteiger charge is 2.32. The van der Waals surface area contributed by atoms with Gasteiger partial charge < -0.3 is 19.9 Å². The van der Waals surface area contributed by atoms with E-state index in [2.05, 4.69) is 22.0 Å². The standard InChI is InChI=1S/C22H17BrN2O3/c1-26-18-10-13(9-17(23)21(18)27-2)19-15-8-7-12-5-3-4-6-14(12)20(15)28-22(25)16(19)11-24/h3-10,19H,25H2,1-2H3/t19-/m0/s1. The van der Waals surface area contributed by atoms with Gasteiger partial charge in [-0.2, -0.15) is 5.26 Å². The SMILES string of the molecule is COc1cc([C@@H]2C(C#N)=C(N)Oc3c2ccc2ccccc32)cc(Br)c1OC. The summed E-state index contributed by atoms with van der Waals surface area (Å²) < 4.78 is 17.5. The van der Waals surface area contributed by atoms with Gasteiger partial charge in [-0.15, -0.1) is 0 Å². The molecule has 0 radical (unpaired) electrons. The summed E-state index contributed by atoms with van der Waals surface area (Å²) in [6.45, 7) is 0. The highest BCUT2D eigenvalue weighted by molar-refractivity contribution is 9.10. The lowest BCUT2D eigenvalue weighted by atomic mass is 9.82. The minimum atomic E-state index is -0.380. The van der Waals surface area contributed by atoms with Crippen LogP contribution in [-0.4, -0.2) is 14.2 Å². The average Bonchev–Trinajstić information content (AvgIpc) is 2.72. The molecule has 1 atom stereocenters. The predicted molar refractivity (Wildman–Crippen MR) is 110 cm³/mol. The van der Waals surface area contributed by atoms with Crippen molar-refractivity contribution in [1.29, 1.82) is 5.26 Å². The van der Waals surface area contributed by atoms with Crippen LogP contribution >= 0.6 is 15.9 Å². The highest BCUT2D eigenvalue weighted by Crippen LogP contribution is 2.48. The van der Waals surface area contributed by atoms with E-state index in [1.165, 1.54) is 0 Å². The number of benzene rings is 3. The minimum absolute atomic E-state index is 0.113. The Morgan fingerprint density at radius 1 is 1.11 bits per heavy atom. The molecule has 0 amide bonds. The van der Waals surface area contributed by atoms with Gasteiger partial charge >= 0.3 is 0 Å². The largest absolute Gasteiger partial charge is 0.493 e. The van der Waals surface area contributed by atoms with Crippen LogP contribution in [0.25, 0.3) is 10.8 Å². The summed E-state index contributed by atoms with van der Waals surface area (Å²) in [6, 6.07) is 17.9. The van der Waals surface area contributed by atoms with E-state index in [0.29, 0.717) is 22.8 Å². The van der Waals surface area contributed by atoms with Crippen LogP contribution in [0.4, 0.5) is 0 Å². The Morgan fingerprint density at radius 3 is 2.61 bits per heavy atom. The van der Waals surface area contributed by atoms with Crippen molar-refractivity contribution in [3.05, 3.63) is 75.6 Å². The Morgan fingerprint density at radius 2 is 1.89 bits per heavy atom. The molecule has 6 heteroatoms. The number of hydrogen-bond donors (Lipinski definition) is 1. The van der Waals surface area contributed by atoms with E-state index >= 15 is 0 Å². The molecular weight excluding hydrogens is 420 g/mol. The molecule has 2 N–H and O–H groups in total. The maximum absolute atomic E-state index is 9.79. The van der Waals surface area contributed by atoms with E-state index in [1.807, 2.05) is 48.5 Å². The van der Waals surface area contributed by atoms with Gasteiger partial charge in [-0.3, -0.25) is 0 Å². The average molecular weight is 437 g/mol. The van der Waals surface area contributed by atoms with Gasteiger partial charge in [0.2, 0.25) is 5.88 Å². The first-order chi connectivity index (χ1) is 13.6. The molecule has 3 aromatic carbocycles. The number of nitrogens with two attached hydrogens (primary N) is 1. The molecule has 0 unspecified atom stereocenters. The summed E-state index contributed by atoms with van der Waals surface area (Å²) in [5, 5.41) is 11.8. The number of fused-ring (bicyclic) bond motifs is 3. The van der Waals surface area contributed by atoms with Crippen LogP contribution in [0.5, 0.6) is 17.2 Å². The molecule has 1 aliphatic heterocycles. The van der Waals surface area contributed by atoms with Gasteiger partial charge in [0.05, 0.1) is 24.6 Å². The van der Waals surface area contributed by atoms with Gasteiger partial charge in [-0.05, 0) is 39.0 Å². The number of rotatable bonds is 3. The molecule has 1 heterocycles. The Labute approximate surface area is 171 Å². The molecule has 0 fully saturated rings. The number of allylic oxidation sites excluding steroid dienone is 1. The predicted octanol–water partition coefficient (Wildman–Crippen LogP) is 4.84. The monoisotopic (exact) mass is 436 g/mol. The fraction of sp³-hybridized carbons (Fsp3) is 0.136. The third kappa shape index (κ3) is 2.76. The van der Waals surface area contributed by atoms with Crippen molar-refractivity contribution in [2.24, 2.45) is 5.73 Å². The Kier molecular flexibility index (Phi) is 4.62. The summed E-state index contributed by atoms with van der Waals surface area (Å²) in [6.07, 6.45) is 0. The number of ether oxygens (including phenoxy) is 3. The smallest absolute Gasteiger partial charge is 0.205 e. The molecule has 140 valence electrons. The number of hydrogen-bond acceptors (Lipinski definition) is 5. The van der Waals surface area contributed by atoms with Gasteiger partial charge in [0.25, 0.3) is 0 Å². The maximum atomic E-state index is 9.79. The van der Waals surface area contributed by atoms with E-state index in [0.717, 1.165) is 26.4 Å². The number of nitriles is 1. The molecule has 28 heavy (non-hydrogen) atoms. The van der Waals surface area contributed by atoms with E-state index in [9.17, 15) is 5.26 Å². The van der Waals surface area contributed by atoms with Crippen LogP contribution < -0.4 is 19.9 Å². The lowest BCUT2D eigenvalue weighted by Gasteiger charge is -2.28. The number of nitrogens with zero attached hydrogens (tertiary/aromatic N) is 1. The van der Waals surface area contributed by atoms with Crippen LogP contribution in [0.3, 0.4) is 0 Å². The molecule has 1 aliphatic rings. The third-order valence-electron chi connectivity index (χ3n) is 4.90.